The zero-order valence-electron chi connectivity index (χ0n) is 21.9. The Morgan fingerprint density at radius 3 is 2.24 bits per heavy atom. The lowest BCUT2D eigenvalue weighted by atomic mass is 9.88. The first-order valence-electron chi connectivity index (χ1n) is 13.4. The second-order valence-corrected chi connectivity index (χ2v) is 10.0. The number of aliphatic hydroxyl groups excluding tert-OH is 1. The van der Waals surface area contributed by atoms with Crippen molar-refractivity contribution in [2.45, 2.75) is 52.1 Å². The van der Waals surface area contributed by atoms with E-state index in [0.717, 1.165) is 50.0 Å². The van der Waals surface area contributed by atoms with E-state index in [4.69, 9.17) is 0 Å². The molecule has 0 bridgehead atoms. The average Bonchev–Trinajstić information content (AvgIpc) is 3.19. The van der Waals surface area contributed by atoms with Crippen molar-refractivity contribution in [1.82, 2.24) is 4.90 Å². The predicted molar refractivity (Wildman–Crippen MR) is 147 cm³/mol. The SMILES string of the molecule is CCN(CC)c1ccc(C2/C(=C(/O)c3ccc4c(c3)CCCC4)C(=O)C(=O)N2Cc2ccc(F)cc2)cc1. The number of aliphatic hydroxyl groups is 1. The number of hydrogen-bond acceptors (Lipinski definition) is 4. The fraction of sp³-hybridized carbons (Fsp3) is 0.312. The number of benzene rings is 3. The highest BCUT2D eigenvalue weighted by Gasteiger charge is 2.46. The third-order valence-electron chi connectivity index (χ3n) is 7.77. The number of hydrogen-bond donors (Lipinski definition) is 1. The molecule has 3 aromatic carbocycles. The van der Waals surface area contributed by atoms with Crippen molar-refractivity contribution in [3.8, 4) is 0 Å². The van der Waals surface area contributed by atoms with Crippen LogP contribution in [0.15, 0.2) is 72.3 Å². The molecule has 1 aliphatic heterocycles. The molecule has 1 atom stereocenters. The van der Waals surface area contributed by atoms with Gasteiger partial charge in [-0.25, -0.2) is 4.39 Å². The molecule has 5 rings (SSSR count). The zero-order valence-corrected chi connectivity index (χ0v) is 21.9. The number of aryl methyl sites for hydroxylation is 2. The van der Waals surface area contributed by atoms with E-state index in [9.17, 15) is 19.1 Å². The number of ketones is 1. The van der Waals surface area contributed by atoms with Crippen molar-refractivity contribution in [2.24, 2.45) is 0 Å². The Kier molecular flexibility index (Phi) is 7.32. The standard InChI is InChI=1S/C32H33FN2O3/c1-3-34(4-2)27-17-13-23(14-18-27)29-28(30(36)25-12-11-22-7-5-6-8-24(22)19-25)31(37)32(38)35(29)20-21-9-15-26(33)16-10-21/h9-19,29,36H,3-8,20H2,1-2H3/b30-28-. The molecule has 1 aliphatic carbocycles. The number of halogens is 1. The Hall–Kier alpha value is -3.93. The van der Waals surface area contributed by atoms with E-state index in [-0.39, 0.29) is 23.7 Å². The van der Waals surface area contributed by atoms with Gasteiger partial charge in [0.1, 0.15) is 11.6 Å². The van der Waals surface area contributed by atoms with Gasteiger partial charge < -0.3 is 14.9 Å². The van der Waals surface area contributed by atoms with Crippen LogP contribution < -0.4 is 4.90 Å². The Bertz CT molecular complexity index is 1370. The number of likely N-dealkylation sites (tertiary alicyclic amines) is 1. The summed E-state index contributed by atoms with van der Waals surface area (Å²) in [6.45, 7) is 6.02. The normalized spacial score (nSPS) is 18.5. The Labute approximate surface area is 223 Å². The van der Waals surface area contributed by atoms with Crippen LogP contribution in [0, 0.1) is 5.82 Å². The average molecular weight is 513 g/mol. The van der Waals surface area contributed by atoms with E-state index < -0.39 is 17.7 Å². The van der Waals surface area contributed by atoms with Gasteiger partial charge in [0, 0.05) is 30.9 Å². The van der Waals surface area contributed by atoms with E-state index in [1.807, 2.05) is 42.5 Å². The number of anilines is 1. The van der Waals surface area contributed by atoms with E-state index in [1.165, 1.54) is 28.2 Å². The maximum atomic E-state index is 13.5. The lowest BCUT2D eigenvalue weighted by Crippen LogP contribution is -2.29. The van der Waals surface area contributed by atoms with Crippen LogP contribution in [0.4, 0.5) is 10.1 Å². The molecule has 3 aromatic rings. The maximum Gasteiger partial charge on any atom is 0.295 e. The summed E-state index contributed by atoms with van der Waals surface area (Å²) >= 11 is 0. The molecular weight excluding hydrogens is 479 g/mol. The van der Waals surface area contributed by atoms with Crippen molar-refractivity contribution >= 4 is 23.1 Å². The minimum absolute atomic E-state index is 0.0865. The fourth-order valence-corrected chi connectivity index (χ4v) is 5.67. The van der Waals surface area contributed by atoms with Crippen LogP contribution in [0.5, 0.6) is 0 Å². The highest BCUT2D eigenvalue weighted by Crippen LogP contribution is 2.41. The first-order chi connectivity index (χ1) is 18.4. The smallest absolute Gasteiger partial charge is 0.295 e. The molecule has 0 aromatic heterocycles. The Balaban J connectivity index is 1.60. The molecule has 0 saturated carbocycles. The van der Waals surface area contributed by atoms with E-state index in [1.54, 1.807) is 12.1 Å². The molecule has 1 unspecified atom stereocenters. The van der Waals surface area contributed by atoms with Crippen LogP contribution >= 0.6 is 0 Å². The number of Topliss-reactive ketones (excluding diaryl/α,β-unsaturated/α-hetero) is 1. The summed E-state index contributed by atoms with van der Waals surface area (Å²) in [5.74, 6) is -1.91. The molecule has 1 saturated heterocycles. The van der Waals surface area contributed by atoms with Gasteiger partial charge >= 0.3 is 0 Å². The largest absolute Gasteiger partial charge is 0.507 e. The quantitative estimate of drug-likeness (QED) is 0.234. The molecule has 1 N–H and O–H groups in total. The number of carbonyl (C=O) groups is 2. The number of rotatable bonds is 7. The van der Waals surface area contributed by atoms with Crippen molar-refractivity contribution in [3.63, 3.8) is 0 Å². The van der Waals surface area contributed by atoms with Crippen molar-refractivity contribution < 1.29 is 19.1 Å². The van der Waals surface area contributed by atoms with Gasteiger partial charge in [-0.2, -0.15) is 0 Å². The summed E-state index contributed by atoms with van der Waals surface area (Å²) in [6, 6.07) is 18.8. The highest BCUT2D eigenvalue weighted by atomic mass is 19.1. The molecule has 0 spiro atoms. The number of nitrogens with zero attached hydrogens (tertiary/aromatic N) is 2. The van der Waals surface area contributed by atoms with Crippen molar-refractivity contribution in [1.29, 1.82) is 0 Å². The second-order valence-electron chi connectivity index (χ2n) is 10.0. The van der Waals surface area contributed by atoms with Crippen molar-refractivity contribution in [3.05, 3.63) is 106 Å². The summed E-state index contributed by atoms with van der Waals surface area (Å²) in [6.07, 6.45) is 4.19. The van der Waals surface area contributed by atoms with Gasteiger partial charge in [-0.05, 0) is 92.1 Å². The predicted octanol–water partition coefficient (Wildman–Crippen LogP) is 6.17. The van der Waals surface area contributed by atoms with Crippen LogP contribution in [-0.4, -0.2) is 34.8 Å². The lowest BCUT2D eigenvalue weighted by Gasteiger charge is -2.27. The maximum absolute atomic E-state index is 13.5. The van der Waals surface area contributed by atoms with Gasteiger partial charge in [0.2, 0.25) is 0 Å². The van der Waals surface area contributed by atoms with Gasteiger partial charge in [-0.15, -0.1) is 0 Å². The molecule has 1 fully saturated rings. The zero-order chi connectivity index (χ0) is 26.8. The molecule has 1 heterocycles. The number of carbonyl (C=O) groups excluding carboxylic acids is 2. The molecule has 0 radical (unpaired) electrons. The fourth-order valence-electron chi connectivity index (χ4n) is 5.67. The third-order valence-corrected chi connectivity index (χ3v) is 7.77. The van der Waals surface area contributed by atoms with Crippen LogP contribution in [0.1, 0.15) is 60.5 Å². The van der Waals surface area contributed by atoms with Crippen molar-refractivity contribution in [2.75, 3.05) is 18.0 Å². The molecule has 38 heavy (non-hydrogen) atoms. The summed E-state index contributed by atoms with van der Waals surface area (Å²) in [4.78, 5) is 30.5. The van der Waals surface area contributed by atoms with E-state index >= 15 is 0 Å². The monoisotopic (exact) mass is 512 g/mol. The molecule has 196 valence electrons. The number of amides is 1. The first kappa shape index (κ1) is 25.7. The van der Waals surface area contributed by atoms with Gasteiger partial charge in [0.25, 0.3) is 11.7 Å². The highest BCUT2D eigenvalue weighted by molar-refractivity contribution is 6.46. The van der Waals surface area contributed by atoms with E-state index in [0.29, 0.717) is 11.1 Å². The molecular formula is C32H33FN2O3. The second kappa shape index (κ2) is 10.8. The van der Waals surface area contributed by atoms with Gasteiger partial charge in [-0.1, -0.05) is 36.4 Å². The molecule has 5 nitrogen and oxygen atoms in total. The third kappa shape index (κ3) is 4.83. The van der Waals surface area contributed by atoms with E-state index in [2.05, 4.69) is 18.7 Å². The first-order valence-corrected chi connectivity index (χ1v) is 13.4. The minimum atomic E-state index is -0.762. The minimum Gasteiger partial charge on any atom is -0.507 e. The van der Waals surface area contributed by atoms with Crippen LogP contribution in [0.3, 0.4) is 0 Å². The van der Waals surface area contributed by atoms with Crippen LogP contribution in [0.25, 0.3) is 5.76 Å². The van der Waals surface area contributed by atoms with Crippen LogP contribution in [0.2, 0.25) is 0 Å². The number of fused-ring (bicyclic) bond motifs is 1. The molecule has 1 amide bonds. The van der Waals surface area contributed by atoms with Gasteiger partial charge in [0.15, 0.2) is 0 Å². The van der Waals surface area contributed by atoms with Gasteiger partial charge in [0.05, 0.1) is 11.6 Å². The summed E-state index contributed by atoms with van der Waals surface area (Å²) in [5.41, 5.74) is 5.57. The van der Waals surface area contributed by atoms with Crippen LogP contribution in [-0.2, 0) is 29.0 Å². The summed E-state index contributed by atoms with van der Waals surface area (Å²) in [7, 11) is 0. The van der Waals surface area contributed by atoms with Gasteiger partial charge in [-0.3, -0.25) is 9.59 Å². The Morgan fingerprint density at radius 1 is 0.921 bits per heavy atom. The lowest BCUT2D eigenvalue weighted by molar-refractivity contribution is -0.140. The summed E-state index contributed by atoms with van der Waals surface area (Å²) in [5, 5.41) is 11.5. The molecule has 6 heteroatoms. The molecule has 2 aliphatic rings. The summed E-state index contributed by atoms with van der Waals surface area (Å²) < 4.78 is 13.5. The Morgan fingerprint density at radius 2 is 1.58 bits per heavy atom. The topological polar surface area (TPSA) is 60.9 Å².